The predicted octanol–water partition coefficient (Wildman–Crippen LogP) is 2.40. The third-order valence-corrected chi connectivity index (χ3v) is 6.45. The summed E-state index contributed by atoms with van der Waals surface area (Å²) in [5.74, 6) is 0.450. The molecule has 2 aliphatic rings. The number of amides is 2. The van der Waals surface area contributed by atoms with Gasteiger partial charge < -0.3 is 19.3 Å². The number of piperidine rings is 1. The number of carbonyl (C=O) groups is 2. The molecule has 0 radical (unpaired) electrons. The molecule has 2 aliphatic heterocycles. The Balaban J connectivity index is 1.76. The number of aromatic nitrogens is 1. The van der Waals surface area contributed by atoms with Crippen LogP contribution in [0.5, 0.6) is 11.5 Å². The number of nitrogens with zero attached hydrogens (tertiary/aromatic N) is 4. The molecule has 0 saturated carbocycles. The maximum absolute atomic E-state index is 13.6. The molecule has 0 bridgehead atoms. The number of rotatable bonds is 7. The van der Waals surface area contributed by atoms with Crippen molar-refractivity contribution in [3.05, 3.63) is 59.5 Å². The second-order valence-corrected chi connectivity index (χ2v) is 8.46. The smallest absolute Gasteiger partial charge is 0.278 e. The highest BCUT2D eigenvalue weighted by molar-refractivity contribution is 6.35. The second kappa shape index (κ2) is 9.62. The highest BCUT2D eigenvalue weighted by Crippen LogP contribution is 2.37. The number of carbonyl (C=O) groups excluding carboxylic acids is 2. The van der Waals surface area contributed by atoms with Crippen LogP contribution in [0.4, 0.5) is 0 Å². The number of ether oxygens (including phenoxy) is 2. The summed E-state index contributed by atoms with van der Waals surface area (Å²) in [5.41, 5.74) is 2.11. The lowest BCUT2D eigenvalue weighted by Crippen LogP contribution is -2.43. The molecule has 2 aromatic rings. The first-order valence-corrected chi connectivity index (χ1v) is 11.1. The van der Waals surface area contributed by atoms with Crippen molar-refractivity contribution in [2.24, 2.45) is 0 Å². The number of likely N-dealkylation sites (tertiary alicyclic amines) is 1. The standard InChI is InChI=1S/C25H30N4O4/c1-27-13-10-19(11-14-27)28(2)23-22(17-8-9-20(32-3)21(15-17)33-4)24(30)29(25(23)31)16-18-7-5-6-12-26-18/h5-9,12,15,19H,10-11,13-14,16H2,1-4H3. The van der Waals surface area contributed by atoms with Gasteiger partial charge in [0.25, 0.3) is 11.8 Å². The first-order chi connectivity index (χ1) is 15.9. The van der Waals surface area contributed by atoms with E-state index in [0.717, 1.165) is 25.9 Å². The Bertz CT molecular complexity index is 1060. The van der Waals surface area contributed by atoms with Crippen LogP contribution in [0.2, 0.25) is 0 Å². The minimum absolute atomic E-state index is 0.125. The molecule has 1 saturated heterocycles. The van der Waals surface area contributed by atoms with Gasteiger partial charge in [0, 0.05) is 19.3 Å². The zero-order valence-electron chi connectivity index (χ0n) is 19.6. The molecular weight excluding hydrogens is 420 g/mol. The first kappa shape index (κ1) is 22.8. The van der Waals surface area contributed by atoms with Crippen LogP contribution in [0.1, 0.15) is 24.1 Å². The summed E-state index contributed by atoms with van der Waals surface area (Å²) in [6.07, 6.45) is 3.52. The van der Waals surface area contributed by atoms with Gasteiger partial charge in [0.2, 0.25) is 0 Å². The van der Waals surface area contributed by atoms with Gasteiger partial charge in [-0.05, 0) is 62.8 Å². The third-order valence-electron chi connectivity index (χ3n) is 6.45. The molecule has 0 unspecified atom stereocenters. The molecule has 2 amide bonds. The van der Waals surface area contributed by atoms with Crippen LogP contribution in [-0.2, 0) is 16.1 Å². The van der Waals surface area contributed by atoms with Crippen molar-refractivity contribution in [2.75, 3.05) is 41.4 Å². The lowest BCUT2D eigenvalue weighted by atomic mass is 10.00. The zero-order valence-corrected chi connectivity index (χ0v) is 19.6. The summed E-state index contributed by atoms with van der Waals surface area (Å²) in [7, 11) is 7.14. The van der Waals surface area contributed by atoms with E-state index in [9.17, 15) is 9.59 Å². The fraction of sp³-hybridized carbons (Fsp3) is 0.400. The highest BCUT2D eigenvalue weighted by Gasteiger charge is 2.42. The molecule has 1 aromatic carbocycles. The Morgan fingerprint density at radius 3 is 2.39 bits per heavy atom. The first-order valence-electron chi connectivity index (χ1n) is 11.1. The van der Waals surface area contributed by atoms with Crippen LogP contribution in [0.25, 0.3) is 5.57 Å². The molecule has 8 nitrogen and oxygen atoms in total. The SMILES string of the molecule is COc1ccc(C2=C(N(C)C3CCN(C)CC3)C(=O)N(Cc3ccccn3)C2=O)cc1OC. The highest BCUT2D eigenvalue weighted by atomic mass is 16.5. The number of hydrogen-bond donors (Lipinski definition) is 0. The molecule has 33 heavy (non-hydrogen) atoms. The molecule has 4 rings (SSSR count). The molecule has 0 atom stereocenters. The van der Waals surface area contributed by atoms with Gasteiger partial charge >= 0.3 is 0 Å². The fourth-order valence-electron chi connectivity index (χ4n) is 4.50. The molecule has 0 N–H and O–H groups in total. The number of likely N-dealkylation sites (N-methyl/N-ethyl adjacent to an activating group) is 1. The van der Waals surface area contributed by atoms with Crippen molar-refractivity contribution in [1.29, 1.82) is 0 Å². The number of pyridine rings is 1. The van der Waals surface area contributed by atoms with Gasteiger partial charge in [0.15, 0.2) is 11.5 Å². The van der Waals surface area contributed by atoms with E-state index in [1.165, 1.54) is 4.90 Å². The minimum Gasteiger partial charge on any atom is -0.493 e. The fourth-order valence-corrected chi connectivity index (χ4v) is 4.50. The van der Waals surface area contributed by atoms with Crippen molar-refractivity contribution in [1.82, 2.24) is 19.7 Å². The quantitative estimate of drug-likeness (QED) is 0.600. The van der Waals surface area contributed by atoms with E-state index in [4.69, 9.17) is 9.47 Å². The normalized spacial score (nSPS) is 17.6. The van der Waals surface area contributed by atoms with Crippen molar-refractivity contribution >= 4 is 17.4 Å². The van der Waals surface area contributed by atoms with Gasteiger partial charge in [-0.25, -0.2) is 0 Å². The molecule has 0 aliphatic carbocycles. The summed E-state index contributed by atoms with van der Waals surface area (Å²) in [4.78, 5) is 37.2. The van der Waals surface area contributed by atoms with Crippen LogP contribution < -0.4 is 9.47 Å². The second-order valence-electron chi connectivity index (χ2n) is 8.46. The maximum Gasteiger partial charge on any atom is 0.278 e. The summed E-state index contributed by atoms with van der Waals surface area (Å²) in [6, 6.07) is 11.0. The van der Waals surface area contributed by atoms with E-state index in [-0.39, 0.29) is 24.4 Å². The Morgan fingerprint density at radius 2 is 1.76 bits per heavy atom. The molecule has 8 heteroatoms. The van der Waals surface area contributed by atoms with Crippen molar-refractivity contribution in [3.8, 4) is 11.5 Å². The zero-order chi connectivity index (χ0) is 23.5. The molecule has 0 spiro atoms. The summed E-state index contributed by atoms with van der Waals surface area (Å²) in [6.45, 7) is 2.03. The van der Waals surface area contributed by atoms with E-state index >= 15 is 0 Å². The largest absolute Gasteiger partial charge is 0.493 e. The predicted molar refractivity (Wildman–Crippen MR) is 125 cm³/mol. The molecule has 1 fully saturated rings. The summed E-state index contributed by atoms with van der Waals surface area (Å²) in [5, 5.41) is 0. The topological polar surface area (TPSA) is 75.2 Å². The van der Waals surface area contributed by atoms with E-state index in [1.54, 1.807) is 38.6 Å². The molecule has 174 valence electrons. The van der Waals surface area contributed by atoms with Crippen molar-refractivity contribution < 1.29 is 19.1 Å². The summed E-state index contributed by atoms with van der Waals surface area (Å²) < 4.78 is 10.8. The lowest BCUT2D eigenvalue weighted by molar-refractivity contribution is -0.138. The van der Waals surface area contributed by atoms with Crippen LogP contribution in [0.15, 0.2) is 48.3 Å². The van der Waals surface area contributed by atoms with Crippen LogP contribution in [0.3, 0.4) is 0 Å². The number of methoxy groups -OCH3 is 2. The van der Waals surface area contributed by atoms with Crippen LogP contribution in [0, 0.1) is 0 Å². The lowest BCUT2D eigenvalue weighted by Gasteiger charge is -2.36. The van der Waals surface area contributed by atoms with E-state index in [2.05, 4.69) is 16.9 Å². The van der Waals surface area contributed by atoms with Gasteiger partial charge in [-0.3, -0.25) is 19.5 Å². The molecule has 3 heterocycles. The average molecular weight is 451 g/mol. The van der Waals surface area contributed by atoms with Crippen LogP contribution in [-0.4, -0.2) is 78.9 Å². The average Bonchev–Trinajstić information content (AvgIpc) is 3.09. The van der Waals surface area contributed by atoms with E-state index in [1.807, 2.05) is 30.1 Å². The Kier molecular flexibility index (Phi) is 6.65. The molecule has 1 aromatic heterocycles. The number of benzene rings is 1. The van der Waals surface area contributed by atoms with E-state index in [0.29, 0.717) is 34.0 Å². The maximum atomic E-state index is 13.6. The number of imide groups is 1. The van der Waals surface area contributed by atoms with Gasteiger partial charge in [-0.2, -0.15) is 0 Å². The van der Waals surface area contributed by atoms with Gasteiger partial charge in [-0.1, -0.05) is 12.1 Å². The Labute approximate surface area is 194 Å². The van der Waals surface area contributed by atoms with Gasteiger partial charge in [-0.15, -0.1) is 0 Å². The van der Waals surface area contributed by atoms with Crippen LogP contribution >= 0.6 is 0 Å². The number of hydrogen-bond acceptors (Lipinski definition) is 7. The molecular formula is C25H30N4O4. The summed E-state index contributed by atoms with van der Waals surface area (Å²) >= 11 is 0. The monoisotopic (exact) mass is 450 g/mol. The third kappa shape index (κ3) is 4.43. The minimum atomic E-state index is -0.326. The van der Waals surface area contributed by atoms with E-state index < -0.39 is 0 Å². The Hall–Kier alpha value is -3.39. The van der Waals surface area contributed by atoms with Gasteiger partial charge in [0.1, 0.15) is 5.70 Å². The van der Waals surface area contributed by atoms with Crippen molar-refractivity contribution in [3.63, 3.8) is 0 Å². The Morgan fingerprint density at radius 1 is 1.03 bits per heavy atom. The van der Waals surface area contributed by atoms with Gasteiger partial charge in [0.05, 0.1) is 32.0 Å². The van der Waals surface area contributed by atoms with Crippen molar-refractivity contribution in [2.45, 2.75) is 25.4 Å².